The molecule has 3 unspecified atom stereocenters. The molecule has 0 aromatic heterocycles. The highest BCUT2D eigenvalue weighted by atomic mass is 35.5. The second kappa shape index (κ2) is 6.42. The average Bonchev–Trinajstić information content (AvgIpc) is 2.19. The number of hydrogen-bond acceptors (Lipinski definition) is 3. The van der Waals surface area contributed by atoms with Crippen molar-refractivity contribution in [2.24, 2.45) is 11.1 Å². The first-order valence-corrected chi connectivity index (χ1v) is 5.67. The van der Waals surface area contributed by atoms with Gasteiger partial charge in [0.2, 0.25) is 5.91 Å². The lowest BCUT2D eigenvalue weighted by Gasteiger charge is -2.38. The van der Waals surface area contributed by atoms with Crippen LogP contribution in [-0.2, 0) is 4.79 Å². The quantitative estimate of drug-likeness (QED) is 0.694. The van der Waals surface area contributed by atoms with Gasteiger partial charge in [0.05, 0.1) is 12.1 Å². The summed E-state index contributed by atoms with van der Waals surface area (Å²) in [7, 11) is 0. The maximum Gasteiger partial charge on any atom is 0.236 e. The molecule has 4 N–H and O–H groups in total. The maximum atomic E-state index is 11.3. The predicted molar refractivity (Wildman–Crippen MR) is 66.5 cm³/mol. The Labute approximate surface area is 103 Å². The molecule has 0 aliphatic heterocycles. The first-order chi connectivity index (χ1) is 6.96. The van der Waals surface area contributed by atoms with Crippen molar-refractivity contribution in [3.05, 3.63) is 0 Å². The van der Waals surface area contributed by atoms with Gasteiger partial charge in [0, 0.05) is 12.0 Å². The number of carbonyl (C=O) groups is 1. The van der Waals surface area contributed by atoms with Gasteiger partial charge in [-0.3, -0.25) is 4.79 Å². The van der Waals surface area contributed by atoms with Crippen LogP contribution in [-0.4, -0.2) is 29.7 Å². The summed E-state index contributed by atoms with van der Waals surface area (Å²) < 4.78 is 0. The third kappa shape index (κ3) is 3.92. The first-order valence-electron chi connectivity index (χ1n) is 5.67. The number of rotatable bonds is 3. The number of aliphatic hydroxyl groups is 1. The van der Waals surface area contributed by atoms with E-state index >= 15 is 0 Å². The number of hydrogen-bond donors (Lipinski definition) is 3. The molecule has 5 heteroatoms. The lowest BCUT2D eigenvalue weighted by molar-refractivity contribution is -0.123. The van der Waals surface area contributed by atoms with Crippen LogP contribution in [0.2, 0.25) is 0 Å². The molecule has 1 rings (SSSR count). The van der Waals surface area contributed by atoms with Gasteiger partial charge in [-0.2, -0.15) is 0 Å². The molecule has 1 aliphatic carbocycles. The summed E-state index contributed by atoms with van der Waals surface area (Å²) in [6, 6.07) is -0.477. The Hall–Kier alpha value is -0.320. The molecular formula is C11H23ClN2O2. The molecule has 1 saturated carbocycles. The molecular weight excluding hydrogens is 228 g/mol. The van der Waals surface area contributed by atoms with Gasteiger partial charge in [-0.1, -0.05) is 19.8 Å². The van der Waals surface area contributed by atoms with Crippen LogP contribution in [0.3, 0.4) is 0 Å². The van der Waals surface area contributed by atoms with Crippen molar-refractivity contribution in [3.8, 4) is 0 Å². The Balaban J connectivity index is 0.00000225. The van der Waals surface area contributed by atoms with E-state index in [1.54, 1.807) is 6.92 Å². The summed E-state index contributed by atoms with van der Waals surface area (Å²) in [4.78, 5) is 11.3. The fourth-order valence-corrected chi connectivity index (χ4v) is 2.04. The van der Waals surface area contributed by atoms with Crippen LogP contribution < -0.4 is 11.1 Å². The van der Waals surface area contributed by atoms with Crippen molar-refractivity contribution in [1.29, 1.82) is 0 Å². The molecule has 0 radical (unpaired) electrons. The van der Waals surface area contributed by atoms with Crippen LogP contribution >= 0.6 is 12.4 Å². The largest absolute Gasteiger partial charge is 0.392 e. The lowest BCUT2D eigenvalue weighted by atomic mass is 9.73. The second-order valence-corrected chi connectivity index (χ2v) is 4.92. The fraction of sp³-hybridized carbons (Fsp3) is 0.909. The van der Waals surface area contributed by atoms with Gasteiger partial charge in [-0.25, -0.2) is 0 Å². The van der Waals surface area contributed by atoms with Crippen molar-refractivity contribution in [2.45, 2.75) is 51.7 Å². The smallest absolute Gasteiger partial charge is 0.236 e. The van der Waals surface area contributed by atoms with Crippen LogP contribution in [0.15, 0.2) is 0 Å². The molecule has 0 spiro atoms. The Morgan fingerprint density at radius 3 is 2.75 bits per heavy atom. The summed E-state index contributed by atoms with van der Waals surface area (Å²) in [5.74, 6) is -0.144. The minimum absolute atomic E-state index is 0. The van der Waals surface area contributed by atoms with Gasteiger partial charge in [0.25, 0.3) is 0 Å². The van der Waals surface area contributed by atoms with Gasteiger partial charge in [-0.15, -0.1) is 12.4 Å². The minimum atomic E-state index is -0.477. The summed E-state index contributed by atoms with van der Waals surface area (Å²) in [6.45, 7) is 4.21. The Morgan fingerprint density at radius 2 is 2.25 bits per heavy atom. The van der Waals surface area contributed by atoms with Gasteiger partial charge < -0.3 is 16.2 Å². The highest BCUT2D eigenvalue weighted by Gasteiger charge is 2.35. The number of nitrogens with one attached hydrogen (secondary N) is 1. The van der Waals surface area contributed by atoms with Crippen LogP contribution in [0.5, 0.6) is 0 Å². The standard InChI is InChI=1S/C11H22N2O2.ClH/c1-8(12)10(15)13-7-11(2)6-4-3-5-9(11)14;/h8-9,14H,3-7,12H2,1-2H3,(H,13,15);1H. The normalized spacial score (nSPS) is 31.4. The molecule has 0 saturated heterocycles. The number of nitrogens with two attached hydrogens (primary N) is 1. The Kier molecular flexibility index (Phi) is 6.30. The van der Waals surface area contributed by atoms with E-state index in [0.29, 0.717) is 6.54 Å². The molecule has 0 bridgehead atoms. The number of halogens is 1. The number of carbonyl (C=O) groups excluding carboxylic acids is 1. The zero-order valence-corrected chi connectivity index (χ0v) is 10.8. The van der Waals surface area contributed by atoms with Crippen LogP contribution in [0.25, 0.3) is 0 Å². The molecule has 1 amide bonds. The number of aliphatic hydroxyl groups excluding tert-OH is 1. The van der Waals surface area contributed by atoms with E-state index in [9.17, 15) is 9.90 Å². The first kappa shape index (κ1) is 15.7. The van der Waals surface area contributed by atoms with E-state index in [1.807, 2.05) is 6.92 Å². The molecule has 0 aromatic rings. The monoisotopic (exact) mass is 250 g/mol. The maximum absolute atomic E-state index is 11.3. The molecule has 3 atom stereocenters. The van der Waals surface area contributed by atoms with Gasteiger partial charge in [-0.05, 0) is 19.8 Å². The van der Waals surface area contributed by atoms with Crippen molar-refractivity contribution in [1.82, 2.24) is 5.32 Å². The lowest BCUT2D eigenvalue weighted by Crippen LogP contribution is -2.48. The molecule has 1 fully saturated rings. The van der Waals surface area contributed by atoms with E-state index in [4.69, 9.17) is 5.73 Å². The zero-order valence-electron chi connectivity index (χ0n) is 10.0. The fourth-order valence-electron chi connectivity index (χ4n) is 2.04. The predicted octanol–water partition coefficient (Wildman–Crippen LogP) is 0.813. The Morgan fingerprint density at radius 1 is 1.62 bits per heavy atom. The molecule has 0 heterocycles. The van der Waals surface area contributed by atoms with E-state index < -0.39 is 6.04 Å². The van der Waals surface area contributed by atoms with E-state index in [-0.39, 0.29) is 29.8 Å². The molecule has 4 nitrogen and oxygen atoms in total. The summed E-state index contributed by atoms with van der Waals surface area (Å²) in [6.07, 6.45) is 3.71. The van der Waals surface area contributed by atoms with E-state index in [1.165, 1.54) is 0 Å². The Bertz CT molecular complexity index is 236. The highest BCUT2D eigenvalue weighted by molar-refractivity contribution is 5.85. The third-order valence-corrected chi connectivity index (χ3v) is 3.36. The third-order valence-electron chi connectivity index (χ3n) is 3.36. The van der Waals surface area contributed by atoms with E-state index in [0.717, 1.165) is 25.7 Å². The summed E-state index contributed by atoms with van der Waals surface area (Å²) >= 11 is 0. The van der Waals surface area contributed by atoms with Crippen molar-refractivity contribution in [2.75, 3.05) is 6.54 Å². The van der Waals surface area contributed by atoms with Crippen molar-refractivity contribution >= 4 is 18.3 Å². The minimum Gasteiger partial charge on any atom is -0.392 e. The summed E-state index contributed by atoms with van der Waals surface area (Å²) in [5, 5.41) is 12.7. The van der Waals surface area contributed by atoms with Gasteiger partial charge >= 0.3 is 0 Å². The second-order valence-electron chi connectivity index (χ2n) is 4.92. The molecule has 16 heavy (non-hydrogen) atoms. The molecule has 96 valence electrons. The topological polar surface area (TPSA) is 75.4 Å². The average molecular weight is 251 g/mol. The van der Waals surface area contributed by atoms with Crippen molar-refractivity contribution < 1.29 is 9.90 Å². The molecule has 0 aromatic carbocycles. The summed E-state index contributed by atoms with van der Waals surface area (Å²) in [5.41, 5.74) is 5.28. The zero-order chi connectivity index (χ0) is 11.5. The van der Waals surface area contributed by atoms with Crippen LogP contribution in [0.4, 0.5) is 0 Å². The number of amides is 1. The van der Waals surface area contributed by atoms with Gasteiger partial charge in [0.1, 0.15) is 0 Å². The van der Waals surface area contributed by atoms with Gasteiger partial charge in [0.15, 0.2) is 0 Å². The highest BCUT2D eigenvalue weighted by Crippen LogP contribution is 2.35. The molecule has 1 aliphatic rings. The van der Waals surface area contributed by atoms with Crippen LogP contribution in [0, 0.1) is 5.41 Å². The van der Waals surface area contributed by atoms with Crippen molar-refractivity contribution in [3.63, 3.8) is 0 Å². The SMILES string of the molecule is CC(N)C(=O)NCC1(C)CCCCC1O.Cl. The van der Waals surface area contributed by atoms with Crippen LogP contribution in [0.1, 0.15) is 39.5 Å². The van der Waals surface area contributed by atoms with E-state index in [2.05, 4.69) is 5.32 Å².